The van der Waals surface area contributed by atoms with Crippen LogP contribution in [-0.2, 0) is 10.8 Å². The van der Waals surface area contributed by atoms with Crippen molar-refractivity contribution in [3.8, 4) is 0 Å². The molecule has 2 aromatic heterocycles. The summed E-state index contributed by atoms with van der Waals surface area (Å²) >= 11 is 0. The van der Waals surface area contributed by atoms with Gasteiger partial charge in [-0.3, -0.25) is 9.97 Å². The maximum absolute atomic E-state index is 4.61. The van der Waals surface area contributed by atoms with Crippen molar-refractivity contribution < 1.29 is 0 Å². The Morgan fingerprint density at radius 1 is 0.889 bits per heavy atom. The van der Waals surface area contributed by atoms with Gasteiger partial charge in [-0.25, -0.2) is 0 Å². The van der Waals surface area contributed by atoms with Crippen LogP contribution in [0, 0.1) is 0 Å². The number of nitrogens with zero attached hydrogens (tertiary/aromatic N) is 2. The van der Waals surface area contributed by atoms with Gasteiger partial charge in [0.25, 0.3) is 0 Å². The van der Waals surface area contributed by atoms with Crippen LogP contribution >= 0.6 is 0 Å². The average molecular weight is 242 g/mol. The van der Waals surface area contributed by atoms with Crippen molar-refractivity contribution in [1.82, 2.24) is 9.97 Å². The van der Waals surface area contributed by atoms with Gasteiger partial charge in [0.05, 0.1) is 5.52 Å². The van der Waals surface area contributed by atoms with Gasteiger partial charge in [0.2, 0.25) is 0 Å². The lowest BCUT2D eigenvalue weighted by atomic mass is 9.84. The first-order chi connectivity index (χ1) is 8.19. The van der Waals surface area contributed by atoms with E-state index in [0.717, 1.165) is 16.6 Å². The second-order valence-corrected chi connectivity index (χ2v) is 6.95. The molecule has 0 aliphatic rings. The Kier molecular flexibility index (Phi) is 2.92. The van der Waals surface area contributed by atoms with Crippen molar-refractivity contribution in [2.24, 2.45) is 0 Å². The predicted octanol–water partition coefficient (Wildman–Crippen LogP) is 4.22. The van der Waals surface area contributed by atoms with E-state index in [1.807, 2.05) is 12.4 Å². The van der Waals surface area contributed by atoms with E-state index < -0.39 is 0 Å². The van der Waals surface area contributed by atoms with Gasteiger partial charge in [-0.2, -0.15) is 0 Å². The molecular weight excluding hydrogens is 220 g/mol. The fraction of sp³-hybridized carbons (Fsp3) is 0.500. The molecule has 2 aromatic rings. The standard InChI is InChI=1S/C16H22N2/c1-15(2,3)12-7-8-17-13-9-14(16(4,5)6)18-10-11(12)13/h7-10H,1-6H3. The Bertz CT molecular complexity index is 572. The van der Waals surface area contributed by atoms with Crippen LogP contribution in [0.3, 0.4) is 0 Å². The molecule has 0 aliphatic carbocycles. The van der Waals surface area contributed by atoms with Crippen LogP contribution < -0.4 is 0 Å². The lowest BCUT2D eigenvalue weighted by molar-refractivity contribution is 0.569. The largest absolute Gasteiger partial charge is 0.260 e. The molecule has 0 bridgehead atoms. The predicted molar refractivity (Wildman–Crippen MR) is 76.9 cm³/mol. The third-order valence-electron chi connectivity index (χ3n) is 3.20. The number of hydrogen-bond donors (Lipinski definition) is 0. The Morgan fingerprint density at radius 3 is 2.11 bits per heavy atom. The van der Waals surface area contributed by atoms with Crippen LogP contribution in [0.25, 0.3) is 10.9 Å². The van der Waals surface area contributed by atoms with Gasteiger partial charge >= 0.3 is 0 Å². The Labute approximate surface area is 109 Å². The topological polar surface area (TPSA) is 25.8 Å². The quantitative estimate of drug-likeness (QED) is 0.691. The van der Waals surface area contributed by atoms with E-state index in [4.69, 9.17) is 0 Å². The summed E-state index contributed by atoms with van der Waals surface area (Å²) in [4.78, 5) is 9.10. The summed E-state index contributed by atoms with van der Waals surface area (Å²) in [5.74, 6) is 0. The Morgan fingerprint density at radius 2 is 1.56 bits per heavy atom. The molecule has 2 heteroatoms. The first kappa shape index (κ1) is 13.0. The summed E-state index contributed by atoms with van der Waals surface area (Å²) in [6.07, 6.45) is 3.87. The number of hydrogen-bond acceptors (Lipinski definition) is 2. The van der Waals surface area contributed by atoms with Crippen molar-refractivity contribution >= 4 is 10.9 Å². The minimum atomic E-state index is 0.0631. The molecule has 0 atom stereocenters. The van der Waals surface area contributed by atoms with Crippen LogP contribution in [0.2, 0.25) is 0 Å². The molecule has 0 saturated carbocycles. The fourth-order valence-electron chi connectivity index (χ4n) is 2.11. The molecular formula is C16H22N2. The van der Waals surface area contributed by atoms with Crippen LogP contribution in [0.1, 0.15) is 52.8 Å². The van der Waals surface area contributed by atoms with Crippen molar-refractivity contribution in [2.45, 2.75) is 52.4 Å². The Balaban J connectivity index is 2.68. The van der Waals surface area contributed by atoms with Crippen molar-refractivity contribution in [3.05, 3.63) is 35.8 Å². The van der Waals surface area contributed by atoms with Gasteiger partial charge in [-0.1, -0.05) is 41.5 Å². The zero-order valence-electron chi connectivity index (χ0n) is 12.2. The first-order valence-electron chi connectivity index (χ1n) is 6.45. The van der Waals surface area contributed by atoms with Crippen molar-refractivity contribution in [2.75, 3.05) is 0 Å². The summed E-state index contributed by atoms with van der Waals surface area (Å²) in [7, 11) is 0. The Hall–Kier alpha value is -1.44. The van der Waals surface area contributed by atoms with E-state index >= 15 is 0 Å². The molecule has 0 saturated heterocycles. The van der Waals surface area contributed by atoms with Gasteiger partial charge in [-0.15, -0.1) is 0 Å². The number of rotatable bonds is 0. The summed E-state index contributed by atoms with van der Waals surface area (Å²) in [5.41, 5.74) is 3.62. The van der Waals surface area contributed by atoms with E-state index in [2.05, 4.69) is 63.6 Å². The van der Waals surface area contributed by atoms with Gasteiger partial charge in [0, 0.05) is 28.9 Å². The van der Waals surface area contributed by atoms with E-state index in [-0.39, 0.29) is 10.8 Å². The normalized spacial score (nSPS) is 13.0. The summed E-state index contributed by atoms with van der Waals surface area (Å²) in [6, 6.07) is 4.21. The maximum Gasteiger partial charge on any atom is 0.0738 e. The van der Waals surface area contributed by atoms with E-state index in [0.29, 0.717) is 0 Å². The highest BCUT2D eigenvalue weighted by Crippen LogP contribution is 2.30. The fourth-order valence-corrected chi connectivity index (χ4v) is 2.11. The minimum Gasteiger partial charge on any atom is -0.260 e. The zero-order valence-corrected chi connectivity index (χ0v) is 12.2. The lowest BCUT2D eigenvalue weighted by Crippen LogP contribution is -2.15. The zero-order chi connectivity index (χ0) is 13.6. The second-order valence-electron chi connectivity index (χ2n) is 6.95. The van der Waals surface area contributed by atoms with Gasteiger partial charge in [0.1, 0.15) is 0 Å². The molecule has 0 aliphatic heterocycles. The third kappa shape index (κ3) is 2.38. The van der Waals surface area contributed by atoms with Crippen molar-refractivity contribution in [1.29, 1.82) is 0 Å². The smallest absolute Gasteiger partial charge is 0.0738 e. The van der Waals surface area contributed by atoms with E-state index in [9.17, 15) is 0 Å². The molecule has 2 nitrogen and oxygen atoms in total. The highest BCUT2D eigenvalue weighted by Gasteiger charge is 2.20. The van der Waals surface area contributed by atoms with Gasteiger partial charge in [-0.05, 0) is 23.1 Å². The molecule has 2 rings (SSSR count). The first-order valence-corrected chi connectivity index (χ1v) is 6.45. The molecule has 96 valence electrons. The monoisotopic (exact) mass is 242 g/mol. The molecule has 0 N–H and O–H groups in total. The van der Waals surface area contributed by atoms with E-state index in [1.54, 1.807) is 0 Å². The maximum atomic E-state index is 4.61. The number of pyridine rings is 2. The summed E-state index contributed by atoms with van der Waals surface area (Å²) in [5, 5.41) is 1.16. The second kappa shape index (κ2) is 4.04. The molecule has 0 amide bonds. The average Bonchev–Trinajstić information content (AvgIpc) is 2.25. The molecule has 0 aromatic carbocycles. The van der Waals surface area contributed by atoms with Crippen molar-refractivity contribution in [3.63, 3.8) is 0 Å². The third-order valence-corrected chi connectivity index (χ3v) is 3.20. The molecule has 0 spiro atoms. The lowest BCUT2D eigenvalue weighted by Gasteiger charge is -2.22. The molecule has 0 unspecified atom stereocenters. The summed E-state index contributed by atoms with van der Waals surface area (Å²) in [6.45, 7) is 13.2. The molecule has 0 fully saturated rings. The SMILES string of the molecule is CC(C)(C)c1cc2nccc(C(C)(C)C)c2cn1. The van der Waals surface area contributed by atoms with Gasteiger partial charge in [0.15, 0.2) is 0 Å². The number of aromatic nitrogens is 2. The van der Waals surface area contributed by atoms with Crippen LogP contribution in [0.5, 0.6) is 0 Å². The van der Waals surface area contributed by atoms with Gasteiger partial charge < -0.3 is 0 Å². The highest BCUT2D eigenvalue weighted by molar-refractivity contribution is 5.82. The van der Waals surface area contributed by atoms with Crippen LogP contribution in [0.15, 0.2) is 24.5 Å². The van der Waals surface area contributed by atoms with Crippen LogP contribution in [-0.4, -0.2) is 9.97 Å². The van der Waals surface area contributed by atoms with Crippen LogP contribution in [0.4, 0.5) is 0 Å². The highest BCUT2D eigenvalue weighted by atomic mass is 14.7. The number of fused-ring (bicyclic) bond motifs is 1. The molecule has 2 heterocycles. The van der Waals surface area contributed by atoms with E-state index in [1.165, 1.54) is 5.56 Å². The summed E-state index contributed by atoms with van der Waals surface area (Å²) < 4.78 is 0. The molecule has 18 heavy (non-hydrogen) atoms. The minimum absolute atomic E-state index is 0.0631. The molecule has 0 radical (unpaired) electrons.